The van der Waals surface area contributed by atoms with E-state index >= 15 is 0 Å². The summed E-state index contributed by atoms with van der Waals surface area (Å²) in [4.78, 5) is 10.1. The Hall–Kier alpha value is -6.54. The maximum absolute atomic E-state index is 10.5. The van der Waals surface area contributed by atoms with Crippen molar-refractivity contribution >= 4 is 22.8 Å². The van der Waals surface area contributed by atoms with E-state index in [9.17, 15) is 25.5 Å². The van der Waals surface area contributed by atoms with Crippen molar-refractivity contribution in [3.8, 4) is 39.9 Å². The van der Waals surface area contributed by atoms with Crippen molar-refractivity contribution in [3.05, 3.63) is 161 Å². The Balaban J connectivity index is 1.31. The minimum absolute atomic E-state index is 0.218. The minimum Gasteiger partial charge on any atom is -0.504 e. The summed E-state index contributed by atoms with van der Waals surface area (Å²) in [6, 6.07) is 33.2. The molecule has 8 nitrogen and oxygen atoms in total. The zero-order valence-electron chi connectivity index (χ0n) is 27.3. The van der Waals surface area contributed by atoms with Gasteiger partial charge in [0.15, 0.2) is 17.3 Å². The van der Waals surface area contributed by atoms with E-state index in [1.807, 2.05) is 54.6 Å². The molecular weight excluding hydrogens is 626 g/mol. The molecule has 0 aromatic heterocycles. The predicted molar refractivity (Wildman–Crippen MR) is 198 cm³/mol. The first-order chi connectivity index (χ1) is 24.2. The third-order valence-corrected chi connectivity index (χ3v) is 9.26. The number of phenolic OH excluding ortho intramolecular Hbond substituents is 5. The molecule has 5 aromatic rings. The summed E-state index contributed by atoms with van der Waals surface area (Å²) in [7, 11) is 0. The first-order valence-corrected chi connectivity index (χ1v) is 16.2. The van der Waals surface area contributed by atoms with Crippen LogP contribution < -0.4 is 5.32 Å². The van der Waals surface area contributed by atoms with Crippen molar-refractivity contribution in [2.24, 2.45) is 9.98 Å². The fourth-order valence-electron chi connectivity index (χ4n) is 6.53. The monoisotopic (exact) mass is 661 g/mol. The van der Waals surface area contributed by atoms with Gasteiger partial charge in [0.2, 0.25) is 17.2 Å². The number of benzene rings is 5. The van der Waals surface area contributed by atoms with E-state index in [2.05, 4.69) is 55.2 Å². The zero-order chi connectivity index (χ0) is 34.9. The molecule has 0 radical (unpaired) electrons. The highest BCUT2D eigenvalue weighted by atomic mass is 16.4. The number of allylic oxidation sites excluding steroid dienone is 5. The van der Waals surface area contributed by atoms with Crippen LogP contribution in [0.5, 0.6) is 28.7 Å². The fourth-order valence-corrected chi connectivity index (χ4v) is 6.53. The topological polar surface area (TPSA) is 138 Å². The van der Waals surface area contributed by atoms with Crippen LogP contribution in [0, 0.1) is 6.92 Å². The lowest BCUT2D eigenvalue weighted by Crippen LogP contribution is -2.33. The molecule has 1 aliphatic carbocycles. The molecule has 248 valence electrons. The van der Waals surface area contributed by atoms with Crippen molar-refractivity contribution in [2.75, 3.05) is 0 Å². The van der Waals surface area contributed by atoms with Gasteiger partial charge < -0.3 is 30.8 Å². The Labute approximate surface area is 289 Å². The van der Waals surface area contributed by atoms with Gasteiger partial charge in [0, 0.05) is 11.1 Å². The molecular formula is C42H35N3O5. The highest BCUT2D eigenvalue weighted by Gasteiger charge is 2.26. The normalized spacial score (nSPS) is 15.9. The van der Waals surface area contributed by atoms with Crippen molar-refractivity contribution in [2.45, 2.75) is 25.9 Å². The summed E-state index contributed by atoms with van der Waals surface area (Å²) in [6.45, 7) is 6.22. The van der Waals surface area contributed by atoms with Crippen molar-refractivity contribution in [1.82, 2.24) is 5.32 Å². The number of phenols is 5. The van der Waals surface area contributed by atoms with Crippen LogP contribution in [0.3, 0.4) is 0 Å². The smallest absolute Gasteiger partial charge is 0.208 e. The van der Waals surface area contributed by atoms with E-state index < -0.39 is 34.9 Å². The summed E-state index contributed by atoms with van der Waals surface area (Å²) in [6.07, 6.45) is 5.50. The van der Waals surface area contributed by atoms with E-state index in [0.717, 1.165) is 46.2 Å². The second-order valence-corrected chi connectivity index (χ2v) is 12.2. The molecule has 0 bridgehead atoms. The van der Waals surface area contributed by atoms with Crippen LogP contribution in [0.4, 0.5) is 0 Å². The molecule has 7 rings (SSSR count). The van der Waals surface area contributed by atoms with Crippen LogP contribution in [0.15, 0.2) is 137 Å². The summed E-state index contributed by atoms with van der Waals surface area (Å²) < 4.78 is 0. The van der Waals surface area contributed by atoms with Gasteiger partial charge in [0.05, 0.1) is 5.56 Å². The van der Waals surface area contributed by atoms with Crippen LogP contribution >= 0.6 is 0 Å². The maximum Gasteiger partial charge on any atom is 0.208 e. The summed E-state index contributed by atoms with van der Waals surface area (Å²) in [5, 5.41) is 54.4. The van der Waals surface area contributed by atoms with Crippen molar-refractivity contribution < 1.29 is 25.5 Å². The van der Waals surface area contributed by atoms with Crippen LogP contribution in [0.25, 0.3) is 22.3 Å². The largest absolute Gasteiger partial charge is 0.504 e. The molecule has 6 N–H and O–H groups in total. The van der Waals surface area contributed by atoms with Crippen molar-refractivity contribution in [1.29, 1.82) is 0 Å². The first kappa shape index (κ1) is 32.0. The van der Waals surface area contributed by atoms with E-state index in [0.29, 0.717) is 17.2 Å². The van der Waals surface area contributed by atoms with Crippen LogP contribution in [0.2, 0.25) is 0 Å². The van der Waals surface area contributed by atoms with Gasteiger partial charge in [-0.2, -0.15) is 0 Å². The Morgan fingerprint density at radius 1 is 0.660 bits per heavy atom. The molecule has 5 aromatic carbocycles. The van der Waals surface area contributed by atoms with Crippen LogP contribution in [0.1, 0.15) is 52.4 Å². The van der Waals surface area contributed by atoms with Gasteiger partial charge >= 0.3 is 0 Å². The molecule has 1 aliphatic heterocycles. The third kappa shape index (κ3) is 5.77. The standard InChI is InChI=1S/C42H35N3O5/c1-3-25-17-22-30(26-11-6-4-7-12-26)23-33(25)31-15-10-16-32(24(31)2)42-44-40(28-13-8-5-9-14-28)43-41(45-42)29-20-18-27(19-21-29)34-35(46)37(48)39(50)38(49)36(34)47/h3-16,18-21,23,41,46-50H,1,17,22H2,2H3,(H,43,44,45). The lowest BCUT2D eigenvalue weighted by molar-refractivity contribution is 0.330. The predicted octanol–water partition coefficient (Wildman–Crippen LogP) is 8.50. The Morgan fingerprint density at radius 2 is 1.26 bits per heavy atom. The Bertz CT molecular complexity index is 2220. The average molecular weight is 662 g/mol. The summed E-state index contributed by atoms with van der Waals surface area (Å²) >= 11 is 0. The number of aliphatic imine (C=N–C) groups is 2. The van der Waals surface area contributed by atoms with Crippen LogP contribution in [-0.2, 0) is 0 Å². The lowest BCUT2D eigenvalue weighted by Gasteiger charge is -2.25. The number of nitrogens with zero attached hydrogens (tertiary/aromatic N) is 2. The molecule has 1 unspecified atom stereocenters. The van der Waals surface area contributed by atoms with Gasteiger partial charge in [0.1, 0.15) is 12.0 Å². The first-order valence-electron chi connectivity index (χ1n) is 16.2. The van der Waals surface area contributed by atoms with Gasteiger partial charge in [-0.05, 0) is 64.3 Å². The molecule has 1 heterocycles. The SMILES string of the molecule is C=CC1=C(c2cccc(C3=NC(c4ccc(-c5c(O)c(O)c(O)c(O)c5O)cc4)NC(c4ccccc4)=N3)c2C)C=C(c2ccccc2)CC1. The molecule has 0 spiro atoms. The maximum atomic E-state index is 10.5. The molecule has 1 atom stereocenters. The summed E-state index contributed by atoms with van der Waals surface area (Å²) in [5.41, 5.74) is 9.56. The highest BCUT2D eigenvalue weighted by molar-refractivity contribution is 6.14. The zero-order valence-corrected chi connectivity index (χ0v) is 27.3. The number of rotatable bonds is 7. The fraction of sp³-hybridized carbons (Fsp3) is 0.0952. The third-order valence-electron chi connectivity index (χ3n) is 9.26. The number of amidine groups is 2. The Morgan fingerprint density at radius 3 is 1.90 bits per heavy atom. The quantitative estimate of drug-likeness (QED) is 0.0764. The molecule has 50 heavy (non-hydrogen) atoms. The van der Waals surface area contributed by atoms with E-state index in [4.69, 9.17) is 9.98 Å². The molecule has 8 heteroatoms. The van der Waals surface area contributed by atoms with Crippen molar-refractivity contribution in [3.63, 3.8) is 0 Å². The lowest BCUT2D eigenvalue weighted by atomic mass is 9.83. The number of hydrogen-bond donors (Lipinski definition) is 6. The number of nitrogens with one attached hydrogen (secondary N) is 1. The van der Waals surface area contributed by atoms with E-state index in [-0.39, 0.29) is 5.56 Å². The van der Waals surface area contributed by atoms with Gasteiger partial charge in [-0.15, -0.1) is 0 Å². The molecule has 2 aliphatic rings. The second kappa shape index (κ2) is 13.2. The van der Waals surface area contributed by atoms with E-state index in [1.54, 1.807) is 24.3 Å². The second-order valence-electron chi connectivity index (χ2n) is 12.2. The van der Waals surface area contributed by atoms with E-state index in [1.165, 1.54) is 16.7 Å². The van der Waals surface area contributed by atoms with Gasteiger partial charge in [0.25, 0.3) is 0 Å². The van der Waals surface area contributed by atoms with Crippen LogP contribution in [-0.4, -0.2) is 37.2 Å². The number of hydrogen-bond acceptors (Lipinski definition) is 8. The molecule has 0 saturated heterocycles. The molecule has 0 amide bonds. The van der Waals surface area contributed by atoms with Gasteiger partial charge in [-0.1, -0.05) is 122 Å². The Kier molecular flexibility index (Phi) is 8.43. The minimum atomic E-state index is -1.01. The molecule has 0 saturated carbocycles. The molecule has 0 fully saturated rings. The van der Waals surface area contributed by atoms with Gasteiger partial charge in [-0.3, -0.25) is 0 Å². The number of aromatic hydroxyl groups is 5. The van der Waals surface area contributed by atoms with Gasteiger partial charge in [-0.25, -0.2) is 9.98 Å². The summed E-state index contributed by atoms with van der Waals surface area (Å²) in [5.74, 6) is -3.17. The highest BCUT2D eigenvalue weighted by Crippen LogP contribution is 2.54. The average Bonchev–Trinajstić information content (AvgIpc) is 3.17.